The third kappa shape index (κ3) is 8.07. The van der Waals surface area contributed by atoms with E-state index in [9.17, 15) is 9.59 Å². The first-order valence-corrected chi connectivity index (χ1v) is 14.4. The van der Waals surface area contributed by atoms with Crippen molar-refractivity contribution in [2.75, 3.05) is 39.3 Å². The molecule has 0 unspecified atom stereocenters. The molecule has 2 aliphatic rings. The summed E-state index contributed by atoms with van der Waals surface area (Å²) in [6.07, 6.45) is 7.64. The highest BCUT2D eigenvalue weighted by atomic mass is 127. The molecule has 0 radical (unpaired) electrons. The minimum atomic E-state index is -0.201. The normalized spacial score (nSPS) is 22.1. The Kier molecular flexibility index (Phi) is 11.4. The van der Waals surface area contributed by atoms with Crippen LogP contribution in [0.2, 0.25) is 5.02 Å². The second kappa shape index (κ2) is 14.0. The molecule has 1 aromatic rings. The molecule has 34 heavy (non-hydrogen) atoms. The van der Waals surface area contributed by atoms with Crippen molar-refractivity contribution in [2.45, 2.75) is 70.9 Å². The summed E-state index contributed by atoms with van der Waals surface area (Å²) < 4.78 is 0.925. The molecular formula is C26H40ClIN4O2. The predicted octanol–water partition coefficient (Wildman–Crippen LogP) is 4.55. The van der Waals surface area contributed by atoms with Crippen LogP contribution >= 0.6 is 34.2 Å². The van der Waals surface area contributed by atoms with E-state index in [1.807, 2.05) is 6.07 Å². The van der Waals surface area contributed by atoms with Gasteiger partial charge in [-0.2, -0.15) is 0 Å². The summed E-state index contributed by atoms with van der Waals surface area (Å²) in [5.41, 5.74) is 0.562. The van der Waals surface area contributed by atoms with Gasteiger partial charge in [0.15, 0.2) is 0 Å². The number of hydrogen-bond acceptors (Lipinski definition) is 4. The maximum atomic E-state index is 13.5. The number of benzene rings is 1. The predicted molar refractivity (Wildman–Crippen MR) is 147 cm³/mol. The average molecular weight is 603 g/mol. The number of likely N-dealkylation sites (tertiary alicyclic amines) is 1. The Labute approximate surface area is 223 Å². The molecule has 2 N–H and O–H groups in total. The Balaban J connectivity index is 1.63. The molecule has 8 heteroatoms. The van der Waals surface area contributed by atoms with E-state index in [2.05, 4.69) is 56.9 Å². The molecule has 0 bridgehead atoms. The number of nitrogens with one attached hydrogen (secondary N) is 2. The monoisotopic (exact) mass is 602 g/mol. The van der Waals surface area contributed by atoms with Gasteiger partial charge >= 0.3 is 0 Å². The molecule has 2 aliphatic heterocycles. The number of nitrogens with zero attached hydrogens (tertiary/aromatic N) is 2. The lowest BCUT2D eigenvalue weighted by Crippen LogP contribution is -2.50. The summed E-state index contributed by atoms with van der Waals surface area (Å²) >= 11 is 8.35. The number of rotatable bonds is 10. The highest BCUT2D eigenvalue weighted by molar-refractivity contribution is 14.1. The molecule has 190 valence electrons. The van der Waals surface area contributed by atoms with E-state index in [-0.39, 0.29) is 23.9 Å². The van der Waals surface area contributed by atoms with Crippen LogP contribution in [0, 0.1) is 9.49 Å². The molecule has 0 saturated carbocycles. The minimum absolute atomic E-state index is 0.0604. The molecule has 1 aromatic carbocycles. The zero-order chi connectivity index (χ0) is 24.5. The van der Waals surface area contributed by atoms with Crippen LogP contribution < -0.4 is 10.6 Å². The zero-order valence-corrected chi connectivity index (χ0v) is 23.5. The second-order valence-corrected chi connectivity index (χ2v) is 11.3. The fraction of sp³-hybridized carbons (Fsp3) is 0.692. The van der Waals surface area contributed by atoms with E-state index in [1.54, 1.807) is 12.1 Å². The van der Waals surface area contributed by atoms with Gasteiger partial charge in [-0.25, -0.2) is 0 Å². The maximum absolute atomic E-state index is 13.5. The number of carbonyl (C=O) groups excluding carboxylic acids is 2. The quantitative estimate of drug-likeness (QED) is 0.386. The summed E-state index contributed by atoms with van der Waals surface area (Å²) in [6.45, 7) is 9.69. The highest BCUT2D eigenvalue weighted by Gasteiger charge is 2.32. The Morgan fingerprint density at radius 2 is 1.94 bits per heavy atom. The van der Waals surface area contributed by atoms with Gasteiger partial charge in [0.25, 0.3) is 5.91 Å². The van der Waals surface area contributed by atoms with Crippen molar-refractivity contribution < 1.29 is 9.59 Å². The van der Waals surface area contributed by atoms with Crippen molar-refractivity contribution >= 4 is 46.0 Å². The van der Waals surface area contributed by atoms with Gasteiger partial charge in [0.1, 0.15) is 0 Å². The molecule has 2 saturated heterocycles. The van der Waals surface area contributed by atoms with Crippen LogP contribution in [0.1, 0.15) is 69.2 Å². The minimum Gasteiger partial charge on any atom is -0.350 e. The van der Waals surface area contributed by atoms with Crippen molar-refractivity contribution in [1.29, 1.82) is 0 Å². The molecule has 6 nitrogen and oxygen atoms in total. The van der Waals surface area contributed by atoms with Gasteiger partial charge in [-0.15, -0.1) is 0 Å². The Morgan fingerprint density at radius 1 is 1.21 bits per heavy atom. The largest absolute Gasteiger partial charge is 0.350 e. The van der Waals surface area contributed by atoms with Gasteiger partial charge in [-0.3, -0.25) is 9.59 Å². The number of carbonyl (C=O) groups is 2. The number of hydrogen-bond donors (Lipinski definition) is 2. The van der Waals surface area contributed by atoms with E-state index < -0.39 is 0 Å². The maximum Gasteiger partial charge on any atom is 0.251 e. The smallest absolute Gasteiger partial charge is 0.251 e. The topological polar surface area (TPSA) is 64.7 Å². The van der Waals surface area contributed by atoms with Gasteiger partial charge < -0.3 is 20.4 Å². The van der Waals surface area contributed by atoms with Crippen LogP contribution in [-0.2, 0) is 4.79 Å². The van der Waals surface area contributed by atoms with Crippen LogP contribution in [-0.4, -0.2) is 73.0 Å². The Morgan fingerprint density at radius 3 is 2.62 bits per heavy atom. The van der Waals surface area contributed by atoms with Crippen LogP contribution in [0.4, 0.5) is 0 Å². The van der Waals surface area contributed by atoms with E-state index in [0.29, 0.717) is 23.0 Å². The second-order valence-electron chi connectivity index (χ2n) is 9.70. The van der Waals surface area contributed by atoms with E-state index in [4.69, 9.17) is 11.6 Å². The van der Waals surface area contributed by atoms with E-state index in [1.165, 1.54) is 19.3 Å². The van der Waals surface area contributed by atoms with Crippen LogP contribution in [0.15, 0.2) is 18.2 Å². The Hall–Kier alpha value is -0.900. The van der Waals surface area contributed by atoms with Gasteiger partial charge in [0.2, 0.25) is 5.91 Å². The van der Waals surface area contributed by atoms with Crippen molar-refractivity contribution in [3.05, 3.63) is 32.4 Å². The third-order valence-corrected chi connectivity index (χ3v) is 8.87. The zero-order valence-electron chi connectivity index (χ0n) is 20.6. The van der Waals surface area contributed by atoms with E-state index >= 15 is 0 Å². The lowest BCUT2D eigenvalue weighted by atomic mass is 10.0. The molecule has 0 aliphatic carbocycles. The summed E-state index contributed by atoms with van der Waals surface area (Å²) in [5.74, 6) is 0.630. The summed E-state index contributed by atoms with van der Waals surface area (Å²) in [6, 6.07) is 5.22. The summed E-state index contributed by atoms with van der Waals surface area (Å²) in [7, 11) is 0. The molecule has 3 rings (SSSR count). The Bertz CT molecular complexity index is 814. The van der Waals surface area contributed by atoms with Gasteiger partial charge in [0.05, 0.1) is 11.1 Å². The van der Waals surface area contributed by atoms with Gasteiger partial charge in [-0.05, 0) is 85.5 Å². The molecule has 2 heterocycles. The fourth-order valence-corrected chi connectivity index (χ4v) is 5.46. The molecule has 0 spiro atoms. The molecule has 2 fully saturated rings. The molecule has 2 atom stereocenters. The first-order valence-electron chi connectivity index (χ1n) is 12.9. The first kappa shape index (κ1) is 27.7. The van der Waals surface area contributed by atoms with Gasteiger partial charge in [0, 0.05) is 41.4 Å². The average Bonchev–Trinajstić information content (AvgIpc) is 3.00. The SMILES string of the molecule is CCC(CC)CN1CC[C@@H](CNC(=O)c2ccc(I)c(Cl)c2)N[C@@H](CCN2CCCCC2)C1=O. The molecule has 0 aromatic heterocycles. The van der Waals surface area contributed by atoms with Crippen LogP contribution in [0.3, 0.4) is 0 Å². The van der Waals surface area contributed by atoms with Crippen molar-refractivity contribution in [3.63, 3.8) is 0 Å². The third-order valence-electron chi connectivity index (χ3n) is 7.30. The van der Waals surface area contributed by atoms with Crippen molar-refractivity contribution in [3.8, 4) is 0 Å². The van der Waals surface area contributed by atoms with Gasteiger partial charge in [-0.1, -0.05) is 44.7 Å². The lowest BCUT2D eigenvalue weighted by Gasteiger charge is -2.30. The van der Waals surface area contributed by atoms with Crippen molar-refractivity contribution in [2.24, 2.45) is 5.92 Å². The lowest BCUT2D eigenvalue weighted by molar-refractivity contribution is -0.133. The van der Waals surface area contributed by atoms with E-state index in [0.717, 1.165) is 62.0 Å². The summed E-state index contributed by atoms with van der Waals surface area (Å²) in [5, 5.41) is 7.26. The highest BCUT2D eigenvalue weighted by Crippen LogP contribution is 2.20. The summed E-state index contributed by atoms with van der Waals surface area (Å²) in [4.78, 5) is 30.8. The first-order chi connectivity index (χ1) is 16.4. The molecular weight excluding hydrogens is 563 g/mol. The van der Waals surface area contributed by atoms with Crippen LogP contribution in [0.25, 0.3) is 0 Å². The number of halogens is 2. The van der Waals surface area contributed by atoms with Crippen LogP contribution in [0.5, 0.6) is 0 Å². The standard InChI is InChI=1S/C26H40ClIN4O2/c1-3-19(4-2)18-32-15-10-21(17-29-25(33)20-8-9-23(28)22(27)16-20)30-24(26(32)34)11-14-31-12-6-5-7-13-31/h8-9,16,19,21,24,30H,3-7,10-15,17-18H2,1-2H3,(H,29,33)/t21-,24-/m0/s1. The number of piperidine rings is 1. The fourth-order valence-electron chi connectivity index (χ4n) is 4.94. The molecule has 2 amide bonds. The van der Waals surface area contributed by atoms with Crippen molar-refractivity contribution in [1.82, 2.24) is 20.4 Å². The number of amides is 2.